The molecule has 0 radical (unpaired) electrons. The Balaban J connectivity index is 1.96. The maximum Gasteiger partial charge on any atom is 0.237 e. The van der Waals surface area contributed by atoms with E-state index in [4.69, 9.17) is 4.74 Å². The Morgan fingerprint density at radius 3 is 2.62 bits per heavy atom. The summed E-state index contributed by atoms with van der Waals surface area (Å²) in [5.41, 5.74) is 0.478. The van der Waals surface area contributed by atoms with Gasteiger partial charge in [0, 0.05) is 13.6 Å². The second-order valence-corrected chi connectivity index (χ2v) is 6.68. The van der Waals surface area contributed by atoms with Gasteiger partial charge in [0.2, 0.25) is 5.91 Å². The van der Waals surface area contributed by atoms with E-state index in [0.717, 1.165) is 43.4 Å². The van der Waals surface area contributed by atoms with E-state index in [1.807, 2.05) is 36.2 Å². The van der Waals surface area contributed by atoms with Crippen LogP contribution in [0.25, 0.3) is 0 Å². The summed E-state index contributed by atoms with van der Waals surface area (Å²) >= 11 is 0. The zero-order valence-corrected chi connectivity index (χ0v) is 14.9. The van der Waals surface area contributed by atoms with Gasteiger partial charge in [0.25, 0.3) is 0 Å². The van der Waals surface area contributed by atoms with Gasteiger partial charge in [0.05, 0.1) is 19.7 Å². The number of hydrogen-bond acceptors (Lipinski definition) is 4. The van der Waals surface area contributed by atoms with Crippen LogP contribution in [0.4, 0.5) is 0 Å². The lowest BCUT2D eigenvalue weighted by molar-refractivity contribution is -0.135. The molecule has 0 aromatic heterocycles. The summed E-state index contributed by atoms with van der Waals surface area (Å²) in [5.74, 6) is 0.818. The standard InChI is InChI=1S/C19H27N3O2/c1-21(13-16-8-7-9-17(12-16)24-3)14-18(23)22(2)19(15-20)10-5-4-6-11-19/h7-9,12H,4-6,10-11,13-14H2,1-3H3. The number of carbonyl (C=O) groups excluding carboxylic acids is 1. The van der Waals surface area contributed by atoms with E-state index in [1.165, 1.54) is 0 Å². The Morgan fingerprint density at radius 1 is 1.29 bits per heavy atom. The fourth-order valence-electron chi connectivity index (χ4n) is 3.37. The normalized spacial score (nSPS) is 16.5. The number of likely N-dealkylation sites (N-methyl/N-ethyl adjacent to an activating group) is 2. The molecule has 5 heteroatoms. The van der Waals surface area contributed by atoms with Gasteiger partial charge in [-0.2, -0.15) is 5.26 Å². The number of methoxy groups -OCH3 is 1. The zero-order chi connectivity index (χ0) is 17.6. The van der Waals surface area contributed by atoms with E-state index in [9.17, 15) is 10.1 Å². The van der Waals surface area contributed by atoms with E-state index < -0.39 is 5.54 Å². The molecule has 1 amide bonds. The molecule has 1 saturated carbocycles. The lowest BCUT2D eigenvalue weighted by atomic mass is 9.81. The Labute approximate surface area is 144 Å². The fourth-order valence-corrected chi connectivity index (χ4v) is 3.37. The van der Waals surface area contributed by atoms with Gasteiger partial charge in [0.15, 0.2) is 0 Å². The van der Waals surface area contributed by atoms with E-state index >= 15 is 0 Å². The zero-order valence-electron chi connectivity index (χ0n) is 14.9. The molecule has 24 heavy (non-hydrogen) atoms. The van der Waals surface area contributed by atoms with Crippen molar-refractivity contribution in [3.05, 3.63) is 29.8 Å². The molecular weight excluding hydrogens is 302 g/mol. The number of nitriles is 1. The van der Waals surface area contributed by atoms with Gasteiger partial charge >= 0.3 is 0 Å². The van der Waals surface area contributed by atoms with E-state index in [-0.39, 0.29) is 5.91 Å². The minimum atomic E-state index is -0.619. The monoisotopic (exact) mass is 329 g/mol. The second kappa shape index (κ2) is 8.16. The molecular formula is C19H27N3O2. The minimum absolute atomic E-state index is 0.00356. The molecule has 0 unspecified atom stereocenters. The Morgan fingerprint density at radius 2 is 2.00 bits per heavy atom. The number of hydrogen-bond donors (Lipinski definition) is 0. The molecule has 5 nitrogen and oxygen atoms in total. The van der Waals surface area contributed by atoms with Crippen molar-refractivity contribution < 1.29 is 9.53 Å². The van der Waals surface area contributed by atoms with Gasteiger partial charge in [-0.05, 0) is 37.6 Å². The molecule has 0 atom stereocenters. The van der Waals surface area contributed by atoms with Crippen LogP contribution in [0.3, 0.4) is 0 Å². The van der Waals surface area contributed by atoms with Crippen molar-refractivity contribution in [2.75, 3.05) is 27.7 Å². The molecule has 130 valence electrons. The van der Waals surface area contributed by atoms with E-state index in [2.05, 4.69) is 6.07 Å². The highest BCUT2D eigenvalue weighted by Gasteiger charge is 2.38. The third-order valence-electron chi connectivity index (χ3n) is 4.90. The molecule has 2 rings (SSSR count). The second-order valence-electron chi connectivity index (χ2n) is 6.68. The Kier molecular flexibility index (Phi) is 6.22. The highest BCUT2D eigenvalue weighted by atomic mass is 16.5. The van der Waals surface area contributed by atoms with E-state index in [0.29, 0.717) is 13.1 Å². The largest absolute Gasteiger partial charge is 0.497 e. The van der Waals surface area contributed by atoms with Crippen LogP contribution in [-0.2, 0) is 11.3 Å². The number of amides is 1. The van der Waals surface area contributed by atoms with Crippen LogP contribution in [0, 0.1) is 11.3 Å². The van der Waals surface area contributed by atoms with Gasteiger partial charge in [0.1, 0.15) is 11.3 Å². The summed E-state index contributed by atoms with van der Waals surface area (Å²) < 4.78 is 5.23. The average Bonchev–Trinajstić information content (AvgIpc) is 2.61. The van der Waals surface area contributed by atoms with Gasteiger partial charge in [-0.3, -0.25) is 9.69 Å². The smallest absolute Gasteiger partial charge is 0.237 e. The molecule has 1 aromatic rings. The summed E-state index contributed by atoms with van der Waals surface area (Å²) in [6, 6.07) is 10.3. The predicted molar refractivity (Wildman–Crippen MR) is 93.5 cm³/mol. The summed E-state index contributed by atoms with van der Waals surface area (Å²) in [5, 5.41) is 9.62. The van der Waals surface area contributed by atoms with Gasteiger partial charge in [-0.1, -0.05) is 31.4 Å². The maximum atomic E-state index is 12.6. The van der Waals surface area contributed by atoms with Gasteiger partial charge in [-0.25, -0.2) is 0 Å². The van der Waals surface area contributed by atoms with Crippen LogP contribution in [0.5, 0.6) is 5.75 Å². The molecule has 0 heterocycles. The van der Waals surface area contributed by atoms with Crippen molar-refractivity contribution in [2.24, 2.45) is 0 Å². The van der Waals surface area contributed by atoms with Crippen molar-refractivity contribution in [1.29, 1.82) is 5.26 Å². The van der Waals surface area contributed by atoms with Crippen molar-refractivity contribution >= 4 is 5.91 Å². The van der Waals surface area contributed by atoms with Crippen LogP contribution in [0.2, 0.25) is 0 Å². The molecule has 1 fully saturated rings. The number of ether oxygens (including phenoxy) is 1. The van der Waals surface area contributed by atoms with Gasteiger partial charge in [-0.15, -0.1) is 0 Å². The number of rotatable bonds is 6. The van der Waals surface area contributed by atoms with Gasteiger partial charge < -0.3 is 9.64 Å². The van der Waals surface area contributed by atoms with E-state index in [1.54, 1.807) is 19.1 Å². The van der Waals surface area contributed by atoms with Crippen molar-refractivity contribution in [3.8, 4) is 11.8 Å². The topological polar surface area (TPSA) is 56.6 Å². The first-order chi connectivity index (χ1) is 11.5. The number of nitrogens with zero attached hydrogens (tertiary/aromatic N) is 3. The van der Waals surface area contributed by atoms with Crippen LogP contribution in [0.1, 0.15) is 37.7 Å². The first-order valence-corrected chi connectivity index (χ1v) is 8.50. The highest BCUT2D eigenvalue weighted by Crippen LogP contribution is 2.32. The van der Waals surface area contributed by atoms with Crippen LogP contribution < -0.4 is 4.74 Å². The third kappa shape index (κ3) is 4.27. The third-order valence-corrected chi connectivity index (χ3v) is 4.90. The van der Waals surface area contributed by atoms with Crippen LogP contribution >= 0.6 is 0 Å². The van der Waals surface area contributed by atoms with Crippen molar-refractivity contribution in [3.63, 3.8) is 0 Å². The van der Waals surface area contributed by atoms with Crippen molar-refractivity contribution in [2.45, 2.75) is 44.2 Å². The Bertz CT molecular complexity index is 603. The SMILES string of the molecule is COc1cccc(CN(C)CC(=O)N(C)C2(C#N)CCCCC2)c1. The molecule has 0 saturated heterocycles. The molecule has 0 aliphatic heterocycles. The minimum Gasteiger partial charge on any atom is -0.497 e. The fraction of sp³-hybridized carbons (Fsp3) is 0.579. The highest BCUT2D eigenvalue weighted by molar-refractivity contribution is 5.79. The molecule has 0 bridgehead atoms. The quantitative estimate of drug-likeness (QED) is 0.805. The summed E-state index contributed by atoms with van der Waals surface area (Å²) in [6.07, 6.45) is 4.76. The molecule has 0 spiro atoms. The van der Waals surface area contributed by atoms with Crippen molar-refractivity contribution in [1.82, 2.24) is 9.80 Å². The number of carbonyl (C=O) groups is 1. The lowest BCUT2D eigenvalue weighted by Gasteiger charge is -2.39. The first-order valence-electron chi connectivity index (χ1n) is 8.50. The Hall–Kier alpha value is -2.06. The molecule has 1 aromatic carbocycles. The molecule has 0 N–H and O–H groups in total. The molecule has 1 aliphatic carbocycles. The van der Waals surface area contributed by atoms with Crippen LogP contribution in [0.15, 0.2) is 24.3 Å². The maximum absolute atomic E-state index is 12.6. The first kappa shape index (κ1) is 18.3. The summed E-state index contributed by atoms with van der Waals surface area (Å²) in [7, 11) is 5.34. The average molecular weight is 329 g/mol. The summed E-state index contributed by atoms with van der Waals surface area (Å²) in [4.78, 5) is 16.3. The lowest BCUT2D eigenvalue weighted by Crippen LogP contribution is -2.52. The molecule has 1 aliphatic rings. The number of benzene rings is 1. The summed E-state index contributed by atoms with van der Waals surface area (Å²) in [6.45, 7) is 0.966. The van der Waals surface area contributed by atoms with Crippen LogP contribution in [-0.4, -0.2) is 49.0 Å². The predicted octanol–water partition coefficient (Wildman–Crippen LogP) is 2.81.